The zero-order valence-electron chi connectivity index (χ0n) is 11.5. The largest absolute Gasteiger partial charge is 0.279 e. The molecule has 1 fully saturated rings. The van der Waals surface area contributed by atoms with Gasteiger partial charge in [-0.3, -0.25) is 14.5 Å². The van der Waals surface area contributed by atoms with Gasteiger partial charge in [0.05, 0.1) is 0 Å². The highest BCUT2D eigenvalue weighted by molar-refractivity contribution is 6.02. The number of amides is 2. The molecule has 0 bridgehead atoms. The number of rotatable bonds is 9. The van der Waals surface area contributed by atoms with Crippen molar-refractivity contribution in [3.05, 3.63) is 12.7 Å². The molecule has 1 atom stereocenters. The summed E-state index contributed by atoms with van der Waals surface area (Å²) in [6.45, 7) is 5.90. The summed E-state index contributed by atoms with van der Waals surface area (Å²) in [5.74, 6) is 0.0362. The van der Waals surface area contributed by atoms with Crippen LogP contribution in [0.4, 0.5) is 0 Å². The summed E-state index contributed by atoms with van der Waals surface area (Å²) >= 11 is 0. The maximum atomic E-state index is 11.8. The van der Waals surface area contributed by atoms with Gasteiger partial charge in [0.25, 0.3) is 0 Å². The van der Waals surface area contributed by atoms with Gasteiger partial charge in [-0.1, -0.05) is 38.7 Å². The van der Waals surface area contributed by atoms with Gasteiger partial charge in [0.15, 0.2) is 0 Å². The number of unbranched alkanes of at least 4 members (excludes halogenated alkanes) is 3. The van der Waals surface area contributed by atoms with E-state index in [0.29, 0.717) is 12.8 Å². The summed E-state index contributed by atoms with van der Waals surface area (Å²) in [6.07, 6.45) is 10.1. The van der Waals surface area contributed by atoms with Crippen LogP contribution < -0.4 is 0 Å². The molecule has 2 amide bonds. The zero-order chi connectivity index (χ0) is 13.4. The zero-order valence-corrected chi connectivity index (χ0v) is 11.5. The molecule has 1 aliphatic rings. The third-order valence-corrected chi connectivity index (χ3v) is 3.55. The first-order chi connectivity index (χ1) is 8.70. The Balaban J connectivity index is 2.50. The lowest BCUT2D eigenvalue weighted by Crippen LogP contribution is -2.39. The molecular weight excluding hydrogens is 226 g/mol. The van der Waals surface area contributed by atoms with Crippen molar-refractivity contribution in [3.63, 3.8) is 0 Å². The highest BCUT2D eigenvalue weighted by Crippen LogP contribution is 2.22. The molecule has 0 radical (unpaired) electrons. The maximum absolute atomic E-state index is 11.8. The molecule has 0 spiro atoms. The van der Waals surface area contributed by atoms with E-state index in [9.17, 15) is 9.59 Å². The van der Waals surface area contributed by atoms with E-state index in [0.717, 1.165) is 25.7 Å². The fraction of sp³-hybridized carbons (Fsp3) is 0.733. The first-order valence-electron chi connectivity index (χ1n) is 7.16. The van der Waals surface area contributed by atoms with E-state index < -0.39 is 0 Å². The third kappa shape index (κ3) is 4.28. The van der Waals surface area contributed by atoms with Crippen molar-refractivity contribution in [2.24, 2.45) is 0 Å². The Hall–Kier alpha value is -1.12. The molecule has 0 aromatic heterocycles. The number of hydrogen-bond acceptors (Lipinski definition) is 2. The Morgan fingerprint density at radius 3 is 2.39 bits per heavy atom. The van der Waals surface area contributed by atoms with Crippen LogP contribution >= 0.6 is 0 Å². The lowest BCUT2D eigenvalue weighted by Gasteiger charge is -2.26. The molecule has 0 aromatic carbocycles. The summed E-state index contributed by atoms with van der Waals surface area (Å²) in [5, 5.41) is 0. The summed E-state index contributed by atoms with van der Waals surface area (Å²) < 4.78 is 0. The van der Waals surface area contributed by atoms with Crippen LogP contribution in [0.25, 0.3) is 0 Å². The van der Waals surface area contributed by atoms with Gasteiger partial charge in [-0.05, 0) is 19.3 Å². The fourth-order valence-corrected chi connectivity index (χ4v) is 2.52. The number of hydrogen-bond donors (Lipinski definition) is 0. The van der Waals surface area contributed by atoms with E-state index in [1.165, 1.54) is 24.2 Å². The monoisotopic (exact) mass is 251 g/mol. The molecule has 1 unspecified atom stereocenters. The van der Waals surface area contributed by atoms with Crippen molar-refractivity contribution in [2.45, 2.75) is 70.8 Å². The van der Waals surface area contributed by atoms with Crippen molar-refractivity contribution < 1.29 is 9.59 Å². The van der Waals surface area contributed by atoms with E-state index in [1.54, 1.807) is 0 Å². The summed E-state index contributed by atoms with van der Waals surface area (Å²) in [5.41, 5.74) is 0. The van der Waals surface area contributed by atoms with Crippen molar-refractivity contribution in [2.75, 3.05) is 0 Å². The SMILES string of the molecule is C=CCCC(CCCCCC)N1C(=O)CCC1=O. The molecule has 1 aliphatic heterocycles. The minimum Gasteiger partial charge on any atom is -0.279 e. The fourth-order valence-electron chi connectivity index (χ4n) is 2.52. The van der Waals surface area contributed by atoms with Crippen LogP contribution in [-0.4, -0.2) is 22.8 Å². The Labute approximate surface area is 110 Å². The number of carbonyl (C=O) groups excluding carboxylic acids is 2. The highest BCUT2D eigenvalue weighted by atomic mass is 16.2. The molecule has 0 N–H and O–H groups in total. The Kier molecular flexibility index (Phi) is 6.69. The molecule has 1 rings (SSSR count). The number of imide groups is 1. The quantitative estimate of drug-likeness (QED) is 0.357. The van der Waals surface area contributed by atoms with Crippen LogP contribution in [0.3, 0.4) is 0 Å². The van der Waals surface area contributed by atoms with Gasteiger partial charge in [0.1, 0.15) is 0 Å². The topological polar surface area (TPSA) is 37.4 Å². The van der Waals surface area contributed by atoms with E-state index >= 15 is 0 Å². The Morgan fingerprint density at radius 1 is 1.17 bits per heavy atom. The third-order valence-electron chi connectivity index (χ3n) is 3.55. The van der Waals surface area contributed by atoms with Crippen LogP contribution in [0.15, 0.2) is 12.7 Å². The van der Waals surface area contributed by atoms with Crippen molar-refractivity contribution in [1.29, 1.82) is 0 Å². The molecule has 1 saturated heterocycles. The number of allylic oxidation sites excluding steroid dienone is 1. The Bertz CT molecular complexity index is 283. The summed E-state index contributed by atoms with van der Waals surface area (Å²) in [4.78, 5) is 25.0. The van der Waals surface area contributed by atoms with Gasteiger partial charge >= 0.3 is 0 Å². The summed E-state index contributed by atoms with van der Waals surface area (Å²) in [6, 6.07) is 0.0994. The molecule has 3 heteroatoms. The first kappa shape index (κ1) is 14.9. The van der Waals surface area contributed by atoms with E-state index in [-0.39, 0.29) is 17.9 Å². The van der Waals surface area contributed by atoms with Crippen LogP contribution in [0, 0.1) is 0 Å². The number of nitrogens with zero attached hydrogens (tertiary/aromatic N) is 1. The molecule has 3 nitrogen and oxygen atoms in total. The molecule has 1 heterocycles. The molecular formula is C15H25NO2. The maximum Gasteiger partial charge on any atom is 0.229 e. The number of carbonyl (C=O) groups is 2. The number of likely N-dealkylation sites (tertiary alicyclic amines) is 1. The molecule has 0 saturated carbocycles. The molecule has 102 valence electrons. The first-order valence-corrected chi connectivity index (χ1v) is 7.16. The van der Waals surface area contributed by atoms with Crippen LogP contribution in [0.5, 0.6) is 0 Å². The smallest absolute Gasteiger partial charge is 0.229 e. The van der Waals surface area contributed by atoms with E-state index in [4.69, 9.17) is 0 Å². The highest BCUT2D eigenvalue weighted by Gasteiger charge is 2.34. The average molecular weight is 251 g/mol. The van der Waals surface area contributed by atoms with Crippen LogP contribution in [0.1, 0.15) is 64.7 Å². The predicted molar refractivity (Wildman–Crippen MR) is 73.1 cm³/mol. The molecule has 0 aliphatic carbocycles. The lowest BCUT2D eigenvalue weighted by atomic mass is 10.0. The van der Waals surface area contributed by atoms with Gasteiger partial charge in [0, 0.05) is 18.9 Å². The van der Waals surface area contributed by atoms with Gasteiger partial charge in [0.2, 0.25) is 11.8 Å². The van der Waals surface area contributed by atoms with E-state index in [1.807, 2.05) is 6.08 Å². The van der Waals surface area contributed by atoms with Crippen molar-refractivity contribution in [1.82, 2.24) is 4.90 Å². The molecule has 0 aromatic rings. The lowest BCUT2D eigenvalue weighted by molar-refractivity contribution is -0.141. The second-order valence-corrected chi connectivity index (χ2v) is 5.03. The second kappa shape index (κ2) is 8.06. The van der Waals surface area contributed by atoms with Crippen LogP contribution in [0.2, 0.25) is 0 Å². The summed E-state index contributed by atoms with van der Waals surface area (Å²) in [7, 11) is 0. The van der Waals surface area contributed by atoms with Gasteiger partial charge in [-0.15, -0.1) is 6.58 Å². The minimum atomic E-state index is 0.0181. The van der Waals surface area contributed by atoms with Crippen molar-refractivity contribution >= 4 is 11.8 Å². The Morgan fingerprint density at radius 2 is 1.83 bits per heavy atom. The van der Waals surface area contributed by atoms with Gasteiger partial charge in [-0.2, -0.15) is 0 Å². The van der Waals surface area contributed by atoms with Crippen LogP contribution in [-0.2, 0) is 9.59 Å². The minimum absolute atomic E-state index is 0.0181. The van der Waals surface area contributed by atoms with Gasteiger partial charge in [-0.25, -0.2) is 0 Å². The predicted octanol–water partition coefficient (Wildman–Crippen LogP) is 3.44. The second-order valence-electron chi connectivity index (χ2n) is 5.03. The molecule has 18 heavy (non-hydrogen) atoms. The average Bonchev–Trinajstić information content (AvgIpc) is 2.69. The normalized spacial score (nSPS) is 17.3. The van der Waals surface area contributed by atoms with Crippen molar-refractivity contribution in [3.8, 4) is 0 Å². The van der Waals surface area contributed by atoms with Gasteiger partial charge < -0.3 is 0 Å². The van der Waals surface area contributed by atoms with E-state index in [2.05, 4.69) is 13.5 Å². The standard InChI is InChI=1S/C15H25NO2/c1-3-5-7-8-10-13(9-6-4-2)16-14(17)11-12-15(16)18/h4,13H,2-3,5-12H2,1H3.